The lowest BCUT2D eigenvalue weighted by atomic mass is 10.0. The molecule has 104 valence electrons. The molecule has 1 aromatic carbocycles. The number of anilines is 2. The Balaban J connectivity index is 1.69. The quantitative estimate of drug-likeness (QED) is 0.826. The average molecular weight is 273 g/mol. The molecule has 2 aliphatic rings. The van der Waals surface area contributed by atoms with Crippen LogP contribution in [0.5, 0.6) is 0 Å². The minimum absolute atomic E-state index is 0.133. The van der Waals surface area contributed by atoms with Crippen LogP contribution in [0.2, 0.25) is 0 Å². The van der Waals surface area contributed by atoms with E-state index in [2.05, 4.69) is 10.2 Å². The van der Waals surface area contributed by atoms with Crippen molar-refractivity contribution in [2.75, 3.05) is 29.4 Å². The minimum atomic E-state index is -0.376. The number of nitrogens with zero attached hydrogens (tertiary/aromatic N) is 2. The Hall–Kier alpha value is -2.37. The van der Waals surface area contributed by atoms with Gasteiger partial charge in [-0.2, -0.15) is 0 Å². The normalized spacial score (nSPS) is 19.6. The highest BCUT2D eigenvalue weighted by molar-refractivity contribution is 6.05. The van der Waals surface area contributed by atoms with Gasteiger partial charge in [0.1, 0.15) is 6.29 Å². The van der Waals surface area contributed by atoms with Gasteiger partial charge in [0.2, 0.25) is 5.91 Å². The van der Waals surface area contributed by atoms with Crippen LogP contribution in [0.1, 0.15) is 6.42 Å². The molecule has 0 radical (unpaired) electrons. The van der Waals surface area contributed by atoms with Crippen LogP contribution in [0.15, 0.2) is 24.3 Å². The fourth-order valence-corrected chi connectivity index (χ4v) is 2.46. The highest BCUT2D eigenvalue weighted by atomic mass is 16.2. The van der Waals surface area contributed by atoms with Gasteiger partial charge >= 0.3 is 6.03 Å². The number of aldehydes is 1. The van der Waals surface area contributed by atoms with Crippen LogP contribution < -0.4 is 15.1 Å². The highest BCUT2D eigenvalue weighted by Gasteiger charge is 2.27. The summed E-state index contributed by atoms with van der Waals surface area (Å²) in [6, 6.07) is 7.21. The van der Waals surface area contributed by atoms with Crippen LogP contribution in [0, 0.1) is 5.92 Å². The van der Waals surface area contributed by atoms with Gasteiger partial charge in [0.15, 0.2) is 0 Å². The molecule has 6 heteroatoms. The van der Waals surface area contributed by atoms with E-state index in [1.807, 2.05) is 24.3 Å². The molecule has 1 N–H and O–H groups in total. The lowest BCUT2D eigenvalue weighted by Gasteiger charge is -2.38. The first kappa shape index (κ1) is 12.7. The second-order valence-corrected chi connectivity index (χ2v) is 5.07. The molecule has 0 atom stereocenters. The van der Waals surface area contributed by atoms with Crippen LogP contribution in [-0.4, -0.2) is 37.9 Å². The fraction of sp³-hybridized carbons (Fsp3) is 0.357. The van der Waals surface area contributed by atoms with E-state index >= 15 is 0 Å². The Labute approximate surface area is 116 Å². The number of benzene rings is 1. The van der Waals surface area contributed by atoms with E-state index in [-0.39, 0.29) is 17.9 Å². The van der Waals surface area contributed by atoms with Gasteiger partial charge in [0.05, 0.1) is 0 Å². The van der Waals surface area contributed by atoms with Crippen LogP contribution in [0.4, 0.5) is 16.2 Å². The summed E-state index contributed by atoms with van der Waals surface area (Å²) >= 11 is 0. The van der Waals surface area contributed by atoms with E-state index in [0.29, 0.717) is 13.0 Å². The lowest BCUT2D eigenvalue weighted by molar-refractivity contribution is -0.120. The maximum Gasteiger partial charge on any atom is 0.328 e. The number of hydrogen-bond acceptors (Lipinski definition) is 4. The summed E-state index contributed by atoms with van der Waals surface area (Å²) in [4.78, 5) is 37.1. The third kappa shape index (κ3) is 2.24. The Morgan fingerprint density at radius 2 is 1.75 bits per heavy atom. The van der Waals surface area contributed by atoms with E-state index in [9.17, 15) is 14.4 Å². The largest absolute Gasteiger partial charge is 0.370 e. The summed E-state index contributed by atoms with van der Waals surface area (Å²) in [5.41, 5.74) is 1.81. The van der Waals surface area contributed by atoms with Crippen molar-refractivity contribution in [3.05, 3.63) is 24.3 Å². The monoisotopic (exact) mass is 273 g/mol. The van der Waals surface area contributed by atoms with Gasteiger partial charge in [-0.05, 0) is 24.3 Å². The van der Waals surface area contributed by atoms with Gasteiger partial charge in [0, 0.05) is 43.3 Å². The van der Waals surface area contributed by atoms with Crippen molar-refractivity contribution in [1.82, 2.24) is 5.32 Å². The summed E-state index contributed by atoms with van der Waals surface area (Å²) in [7, 11) is 0. The maximum absolute atomic E-state index is 11.7. The summed E-state index contributed by atoms with van der Waals surface area (Å²) in [6.07, 6.45) is 1.31. The maximum atomic E-state index is 11.7. The summed E-state index contributed by atoms with van der Waals surface area (Å²) in [6.45, 7) is 1.91. The second kappa shape index (κ2) is 4.96. The molecule has 0 aromatic heterocycles. The van der Waals surface area contributed by atoms with Crippen LogP contribution in [0.25, 0.3) is 0 Å². The SMILES string of the molecule is O=CC1CN(c2ccc(N3CCC(=O)NC3=O)cc2)C1. The minimum Gasteiger partial charge on any atom is -0.370 e. The van der Waals surface area contributed by atoms with Gasteiger partial charge < -0.3 is 9.69 Å². The molecule has 2 fully saturated rings. The third-order valence-electron chi connectivity index (χ3n) is 3.68. The second-order valence-electron chi connectivity index (χ2n) is 5.07. The van der Waals surface area contributed by atoms with Gasteiger partial charge in [-0.1, -0.05) is 0 Å². The predicted octanol–water partition coefficient (Wildman–Crippen LogP) is 0.768. The summed E-state index contributed by atoms with van der Waals surface area (Å²) in [5.74, 6) is -0.100. The predicted molar refractivity (Wildman–Crippen MR) is 73.7 cm³/mol. The smallest absolute Gasteiger partial charge is 0.328 e. The molecule has 0 saturated carbocycles. The zero-order chi connectivity index (χ0) is 14.1. The molecule has 2 heterocycles. The Morgan fingerprint density at radius 3 is 2.35 bits per heavy atom. The molecule has 6 nitrogen and oxygen atoms in total. The van der Waals surface area contributed by atoms with Gasteiger partial charge in [-0.15, -0.1) is 0 Å². The van der Waals surface area contributed by atoms with Crippen molar-refractivity contribution >= 4 is 29.6 Å². The molecule has 3 amide bonds. The molecule has 0 unspecified atom stereocenters. The zero-order valence-electron chi connectivity index (χ0n) is 10.9. The number of rotatable bonds is 3. The third-order valence-corrected chi connectivity index (χ3v) is 3.68. The van der Waals surface area contributed by atoms with Gasteiger partial charge in [-0.3, -0.25) is 15.0 Å². The van der Waals surface area contributed by atoms with E-state index in [4.69, 9.17) is 0 Å². The molecule has 3 rings (SSSR count). The Morgan fingerprint density at radius 1 is 1.10 bits per heavy atom. The van der Waals surface area contributed by atoms with Gasteiger partial charge in [0.25, 0.3) is 0 Å². The van der Waals surface area contributed by atoms with Crippen molar-refractivity contribution in [3.8, 4) is 0 Å². The van der Waals surface area contributed by atoms with Crippen molar-refractivity contribution in [1.29, 1.82) is 0 Å². The number of carbonyl (C=O) groups excluding carboxylic acids is 3. The number of carbonyl (C=O) groups is 3. The van der Waals surface area contributed by atoms with Crippen LogP contribution in [-0.2, 0) is 9.59 Å². The molecule has 2 aliphatic heterocycles. The summed E-state index contributed by atoms with van der Waals surface area (Å²) < 4.78 is 0. The molecule has 20 heavy (non-hydrogen) atoms. The number of hydrogen-bond donors (Lipinski definition) is 1. The topological polar surface area (TPSA) is 69.7 Å². The van der Waals surface area contributed by atoms with Crippen molar-refractivity contribution in [2.24, 2.45) is 5.92 Å². The first-order valence-corrected chi connectivity index (χ1v) is 6.59. The van der Waals surface area contributed by atoms with Crippen molar-refractivity contribution in [3.63, 3.8) is 0 Å². The van der Waals surface area contributed by atoms with Crippen LogP contribution in [0.3, 0.4) is 0 Å². The van der Waals surface area contributed by atoms with E-state index in [1.165, 1.54) is 0 Å². The molecule has 0 aliphatic carbocycles. The standard InChI is InChI=1S/C14H15N3O3/c18-9-10-7-16(8-10)11-1-3-12(4-2-11)17-6-5-13(19)15-14(17)20/h1-4,9-10H,5-8H2,(H,15,19,20). The average Bonchev–Trinajstić information content (AvgIpc) is 2.39. The number of imide groups is 1. The Bertz CT molecular complexity index is 549. The Kier molecular flexibility index (Phi) is 3.14. The summed E-state index contributed by atoms with van der Waals surface area (Å²) in [5, 5.41) is 2.30. The molecular weight excluding hydrogens is 258 g/mol. The highest BCUT2D eigenvalue weighted by Crippen LogP contribution is 2.26. The lowest BCUT2D eigenvalue weighted by Crippen LogP contribution is -2.49. The number of amides is 3. The fourth-order valence-electron chi connectivity index (χ4n) is 2.46. The van der Waals surface area contributed by atoms with Crippen molar-refractivity contribution < 1.29 is 14.4 Å². The molecule has 0 spiro atoms. The number of urea groups is 1. The van der Waals surface area contributed by atoms with Gasteiger partial charge in [-0.25, -0.2) is 4.79 Å². The zero-order valence-corrected chi connectivity index (χ0v) is 10.9. The van der Waals surface area contributed by atoms with E-state index in [1.54, 1.807) is 4.90 Å². The molecular formula is C14H15N3O3. The molecule has 1 aromatic rings. The molecule has 0 bridgehead atoms. The van der Waals surface area contributed by atoms with Crippen LogP contribution >= 0.6 is 0 Å². The van der Waals surface area contributed by atoms with E-state index in [0.717, 1.165) is 30.8 Å². The van der Waals surface area contributed by atoms with E-state index < -0.39 is 0 Å². The number of nitrogens with one attached hydrogen (secondary N) is 1. The molecule has 2 saturated heterocycles. The first-order chi connectivity index (χ1) is 9.67. The first-order valence-electron chi connectivity index (χ1n) is 6.59. The van der Waals surface area contributed by atoms with Crippen molar-refractivity contribution in [2.45, 2.75) is 6.42 Å².